The van der Waals surface area contributed by atoms with Gasteiger partial charge in [-0.15, -0.1) is 10.2 Å². The molecule has 1 amide bonds. The summed E-state index contributed by atoms with van der Waals surface area (Å²) in [7, 11) is 1.70. The largest absolute Gasteiger partial charge is 0.366 e. The van der Waals surface area contributed by atoms with E-state index in [9.17, 15) is 4.79 Å². The predicted molar refractivity (Wildman–Crippen MR) is 71.0 cm³/mol. The molecule has 2 aromatic heterocycles. The molecule has 0 aromatic carbocycles. The Hall–Kier alpha value is -2.29. The third-order valence-electron chi connectivity index (χ3n) is 3.41. The number of aromatic amines is 1. The average molecular weight is 291 g/mol. The van der Waals surface area contributed by atoms with E-state index < -0.39 is 0 Å². The topological polar surface area (TPSA) is 102 Å². The average Bonchev–Trinajstić information content (AvgIpc) is 3.16. The molecule has 112 valence electrons. The van der Waals surface area contributed by atoms with Gasteiger partial charge in [0, 0.05) is 19.2 Å². The highest BCUT2D eigenvalue weighted by Crippen LogP contribution is 2.19. The second kappa shape index (κ2) is 6.00. The molecule has 1 unspecified atom stereocenters. The standard InChI is InChI=1S/C12H17N7O2/c1-18-16-12(15-17-18)10-8-19(4-5-21-10)11(20)3-2-9-6-13-14-7-9/h6-7,10H,2-5,8H2,1H3,(H,13,14). The fraction of sp³-hybridized carbons (Fsp3) is 0.583. The number of hydrogen-bond donors (Lipinski definition) is 1. The first-order chi connectivity index (χ1) is 10.2. The Labute approximate surface area is 121 Å². The summed E-state index contributed by atoms with van der Waals surface area (Å²) in [5, 5.41) is 18.5. The van der Waals surface area contributed by atoms with Gasteiger partial charge < -0.3 is 9.64 Å². The maximum absolute atomic E-state index is 12.3. The highest BCUT2D eigenvalue weighted by Gasteiger charge is 2.28. The summed E-state index contributed by atoms with van der Waals surface area (Å²) in [6.45, 7) is 1.55. The Morgan fingerprint density at radius 3 is 3.19 bits per heavy atom. The zero-order valence-electron chi connectivity index (χ0n) is 11.8. The number of hydrogen-bond acceptors (Lipinski definition) is 6. The van der Waals surface area contributed by atoms with E-state index in [2.05, 4.69) is 25.6 Å². The Bertz CT molecular complexity index is 595. The lowest BCUT2D eigenvalue weighted by Crippen LogP contribution is -2.42. The van der Waals surface area contributed by atoms with Crippen molar-refractivity contribution >= 4 is 5.91 Å². The lowest BCUT2D eigenvalue weighted by atomic mass is 10.1. The van der Waals surface area contributed by atoms with Gasteiger partial charge in [0.25, 0.3) is 0 Å². The van der Waals surface area contributed by atoms with Gasteiger partial charge in [0.2, 0.25) is 11.7 Å². The molecule has 0 radical (unpaired) electrons. The van der Waals surface area contributed by atoms with Gasteiger partial charge in [0.1, 0.15) is 6.10 Å². The van der Waals surface area contributed by atoms with Crippen LogP contribution in [0.3, 0.4) is 0 Å². The summed E-state index contributed by atoms with van der Waals surface area (Å²) in [5.41, 5.74) is 1.03. The smallest absolute Gasteiger partial charge is 0.223 e. The fourth-order valence-corrected chi connectivity index (χ4v) is 2.28. The quantitative estimate of drug-likeness (QED) is 0.812. The van der Waals surface area contributed by atoms with Crippen LogP contribution in [0.4, 0.5) is 0 Å². The van der Waals surface area contributed by atoms with Crippen LogP contribution in [-0.2, 0) is 23.0 Å². The molecule has 1 aliphatic heterocycles. The number of carbonyl (C=O) groups is 1. The molecule has 3 heterocycles. The molecule has 21 heavy (non-hydrogen) atoms. The third kappa shape index (κ3) is 3.24. The molecule has 0 bridgehead atoms. The molecule has 1 aliphatic rings. The highest BCUT2D eigenvalue weighted by molar-refractivity contribution is 5.76. The van der Waals surface area contributed by atoms with Crippen LogP contribution < -0.4 is 0 Å². The summed E-state index contributed by atoms with van der Waals surface area (Å²) < 4.78 is 5.62. The van der Waals surface area contributed by atoms with Crippen LogP contribution >= 0.6 is 0 Å². The van der Waals surface area contributed by atoms with E-state index in [0.717, 1.165) is 5.56 Å². The van der Waals surface area contributed by atoms with Crippen molar-refractivity contribution in [1.29, 1.82) is 0 Å². The minimum absolute atomic E-state index is 0.105. The van der Waals surface area contributed by atoms with Crippen molar-refractivity contribution in [3.05, 3.63) is 23.8 Å². The summed E-state index contributed by atoms with van der Waals surface area (Å²) in [6, 6.07) is 0. The molecule has 0 spiro atoms. The van der Waals surface area contributed by atoms with E-state index >= 15 is 0 Å². The number of rotatable bonds is 4. The van der Waals surface area contributed by atoms with Crippen LogP contribution in [0.25, 0.3) is 0 Å². The first-order valence-electron chi connectivity index (χ1n) is 6.83. The number of tetrazole rings is 1. The Morgan fingerprint density at radius 2 is 2.48 bits per heavy atom. The van der Waals surface area contributed by atoms with E-state index in [1.165, 1.54) is 4.80 Å². The van der Waals surface area contributed by atoms with Crippen molar-refractivity contribution in [3.8, 4) is 0 Å². The summed E-state index contributed by atoms with van der Waals surface area (Å²) in [5.74, 6) is 0.623. The maximum Gasteiger partial charge on any atom is 0.223 e. The van der Waals surface area contributed by atoms with Gasteiger partial charge in [0.05, 0.1) is 26.4 Å². The summed E-state index contributed by atoms with van der Waals surface area (Å²) >= 11 is 0. The molecule has 2 aromatic rings. The molecule has 1 saturated heterocycles. The Morgan fingerprint density at radius 1 is 1.57 bits per heavy atom. The SMILES string of the molecule is Cn1nnc(C2CN(C(=O)CCc3cn[nH]c3)CCO2)n1. The number of amides is 1. The molecule has 1 N–H and O–H groups in total. The van der Waals surface area contributed by atoms with Crippen LogP contribution in [0.1, 0.15) is 23.9 Å². The van der Waals surface area contributed by atoms with Crippen LogP contribution in [0.15, 0.2) is 12.4 Å². The number of H-pyrrole nitrogens is 1. The molecule has 1 atom stereocenters. The van der Waals surface area contributed by atoms with Crippen molar-refractivity contribution in [3.63, 3.8) is 0 Å². The molecule has 0 aliphatic carbocycles. The highest BCUT2D eigenvalue weighted by atomic mass is 16.5. The molecular weight excluding hydrogens is 274 g/mol. The van der Waals surface area contributed by atoms with Gasteiger partial charge in [0.15, 0.2) is 0 Å². The van der Waals surface area contributed by atoms with Crippen LogP contribution in [0.2, 0.25) is 0 Å². The zero-order chi connectivity index (χ0) is 14.7. The first kappa shape index (κ1) is 13.7. The second-order valence-electron chi connectivity index (χ2n) is 4.94. The number of morpholine rings is 1. The molecule has 0 saturated carbocycles. The number of aromatic nitrogens is 6. The van der Waals surface area contributed by atoms with Gasteiger partial charge in [-0.3, -0.25) is 9.89 Å². The Kier molecular flexibility index (Phi) is 3.91. The maximum atomic E-state index is 12.3. The molecule has 3 rings (SSSR count). The monoisotopic (exact) mass is 291 g/mol. The molecule has 1 fully saturated rings. The minimum Gasteiger partial charge on any atom is -0.366 e. The van der Waals surface area contributed by atoms with E-state index in [0.29, 0.717) is 38.4 Å². The van der Waals surface area contributed by atoms with E-state index in [1.807, 2.05) is 0 Å². The molecular formula is C12H17N7O2. The number of nitrogens with one attached hydrogen (secondary N) is 1. The number of aryl methyl sites for hydroxylation is 2. The van der Waals surface area contributed by atoms with Crippen molar-refractivity contribution in [2.24, 2.45) is 7.05 Å². The van der Waals surface area contributed by atoms with Crippen LogP contribution in [0.5, 0.6) is 0 Å². The summed E-state index contributed by atoms with van der Waals surface area (Å²) in [6.07, 6.45) is 4.38. The first-order valence-corrected chi connectivity index (χ1v) is 6.83. The van der Waals surface area contributed by atoms with Gasteiger partial charge in [-0.1, -0.05) is 0 Å². The van der Waals surface area contributed by atoms with E-state index in [-0.39, 0.29) is 12.0 Å². The van der Waals surface area contributed by atoms with Crippen molar-refractivity contribution in [2.75, 3.05) is 19.7 Å². The Balaban J connectivity index is 1.56. The van der Waals surface area contributed by atoms with Crippen molar-refractivity contribution in [1.82, 2.24) is 35.3 Å². The van der Waals surface area contributed by atoms with Gasteiger partial charge >= 0.3 is 0 Å². The number of carbonyl (C=O) groups excluding carboxylic acids is 1. The van der Waals surface area contributed by atoms with E-state index in [1.54, 1.807) is 24.3 Å². The van der Waals surface area contributed by atoms with Crippen molar-refractivity contribution < 1.29 is 9.53 Å². The predicted octanol–water partition coefficient (Wildman–Crippen LogP) is -0.534. The van der Waals surface area contributed by atoms with Crippen LogP contribution in [0, 0.1) is 0 Å². The minimum atomic E-state index is -0.301. The molecule has 9 heteroatoms. The zero-order valence-corrected chi connectivity index (χ0v) is 11.8. The fourth-order valence-electron chi connectivity index (χ4n) is 2.28. The third-order valence-corrected chi connectivity index (χ3v) is 3.41. The van der Waals surface area contributed by atoms with Crippen LogP contribution in [-0.4, -0.2) is 60.9 Å². The van der Waals surface area contributed by atoms with Crippen molar-refractivity contribution in [2.45, 2.75) is 18.9 Å². The van der Waals surface area contributed by atoms with Gasteiger partial charge in [-0.2, -0.15) is 9.90 Å². The van der Waals surface area contributed by atoms with E-state index in [4.69, 9.17) is 4.74 Å². The lowest BCUT2D eigenvalue weighted by Gasteiger charge is -2.31. The number of ether oxygens (including phenoxy) is 1. The second-order valence-corrected chi connectivity index (χ2v) is 4.94. The summed E-state index contributed by atoms with van der Waals surface area (Å²) in [4.78, 5) is 15.4. The lowest BCUT2D eigenvalue weighted by molar-refractivity contribution is -0.139. The number of nitrogens with zero attached hydrogens (tertiary/aromatic N) is 6. The van der Waals surface area contributed by atoms with Gasteiger partial charge in [-0.25, -0.2) is 0 Å². The van der Waals surface area contributed by atoms with Gasteiger partial charge in [-0.05, 0) is 17.2 Å². The normalized spacial score (nSPS) is 18.9. The molecule has 9 nitrogen and oxygen atoms in total.